The maximum atomic E-state index is 12.9. The molecule has 2 aliphatic heterocycles. The van der Waals surface area contributed by atoms with Gasteiger partial charge in [-0.1, -0.05) is 31.0 Å². The van der Waals surface area contributed by atoms with Gasteiger partial charge in [-0.3, -0.25) is 13.7 Å². The number of halogens is 1. The highest BCUT2D eigenvalue weighted by atomic mass is 32.2. The van der Waals surface area contributed by atoms with Crippen molar-refractivity contribution in [1.82, 2.24) is 9.55 Å². The first-order chi connectivity index (χ1) is 14.8. The Morgan fingerprint density at radius 2 is 1.87 bits per heavy atom. The highest BCUT2D eigenvalue weighted by molar-refractivity contribution is 8.01. The zero-order valence-electron chi connectivity index (χ0n) is 17.8. The smallest absolute Gasteiger partial charge is 0.261 e. The number of hydrogen-bond acceptors (Lipinski definition) is 6. The lowest BCUT2D eigenvalue weighted by Crippen LogP contribution is -2.18. The van der Waals surface area contributed by atoms with Crippen molar-refractivity contribution in [2.24, 2.45) is 0 Å². The molecule has 10 heteroatoms. The number of aryl methyl sites for hydroxylation is 2. The van der Waals surface area contributed by atoms with Gasteiger partial charge >= 0.3 is 5.69 Å². The molecule has 0 saturated carbocycles. The SMILES string of the molecule is CCc1sc(SCCCCCF)c2c(NS(=O)(=O)c3ccc(C)cc3)nc(=O)n-2c1C. The summed E-state index contributed by atoms with van der Waals surface area (Å²) in [4.78, 5) is 17.9. The first-order valence-electron chi connectivity index (χ1n) is 10.1. The normalized spacial score (nSPS) is 11.9. The molecule has 2 aliphatic rings. The summed E-state index contributed by atoms with van der Waals surface area (Å²) in [6, 6.07) is 6.49. The molecule has 31 heavy (non-hydrogen) atoms. The lowest BCUT2D eigenvalue weighted by molar-refractivity contribution is 0.460. The predicted molar refractivity (Wildman–Crippen MR) is 126 cm³/mol. The molecule has 0 fully saturated rings. The molecule has 1 aromatic carbocycles. The number of aromatic nitrogens is 2. The first kappa shape index (κ1) is 23.7. The van der Waals surface area contributed by atoms with Crippen LogP contribution < -0.4 is 10.4 Å². The second kappa shape index (κ2) is 10.1. The van der Waals surface area contributed by atoms with Gasteiger partial charge in [0.1, 0.15) is 5.69 Å². The van der Waals surface area contributed by atoms with Gasteiger partial charge < -0.3 is 0 Å². The minimum Gasteiger partial charge on any atom is -0.261 e. The summed E-state index contributed by atoms with van der Waals surface area (Å²) in [6.45, 7) is 5.42. The second-order valence-electron chi connectivity index (χ2n) is 7.20. The highest BCUT2D eigenvalue weighted by Crippen LogP contribution is 2.39. The van der Waals surface area contributed by atoms with E-state index in [0.717, 1.165) is 45.4 Å². The summed E-state index contributed by atoms with van der Waals surface area (Å²) >= 11 is 3.10. The summed E-state index contributed by atoms with van der Waals surface area (Å²) in [7, 11) is -3.90. The van der Waals surface area contributed by atoms with Crippen LogP contribution in [0.2, 0.25) is 0 Å². The van der Waals surface area contributed by atoms with E-state index in [1.807, 2.05) is 20.8 Å². The van der Waals surface area contributed by atoms with Crippen LogP contribution in [0.1, 0.15) is 42.3 Å². The Bertz CT molecular complexity index is 1170. The molecule has 6 nitrogen and oxygen atoms in total. The predicted octanol–water partition coefficient (Wildman–Crippen LogP) is 4.94. The Morgan fingerprint density at radius 3 is 2.52 bits per heavy atom. The molecule has 1 aromatic rings. The number of benzene rings is 1. The monoisotopic (exact) mass is 483 g/mol. The lowest BCUT2D eigenvalue weighted by Gasteiger charge is -2.17. The number of nitrogens with zero attached hydrogens (tertiary/aromatic N) is 2. The topological polar surface area (TPSA) is 81.1 Å². The van der Waals surface area contributed by atoms with Crippen molar-refractivity contribution in [3.05, 3.63) is 50.9 Å². The molecule has 168 valence electrons. The number of rotatable bonds is 10. The molecule has 0 aliphatic carbocycles. The van der Waals surface area contributed by atoms with E-state index >= 15 is 0 Å². The van der Waals surface area contributed by atoms with E-state index in [2.05, 4.69) is 9.71 Å². The van der Waals surface area contributed by atoms with Crippen LogP contribution in [-0.2, 0) is 16.4 Å². The number of anilines is 1. The van der Waals surface area contributed by atoms with Crippen molar-refractivity contribution in [2.75, 3.05) is 17.1 Å². The van der Waals surface area contributed by atoms with Gasteiger partial charge in [0.15, 0.2) is 5.82 Å². The summed E-state index contributed by atoms with van der Waals surface area (Å²) in [5.41, 5.74) is 1.69. The standard InChI is InChI=1S/C21H26FN3O3S3/c1-4-17-15(3)25-18(20(30-17)29-13-7-5-6-12-22)19(23-21(25)26)24-31(27,28)16-10-8-14(2)9-11-16/h8-11H,4-7,12-13H2,1-3H3,(H,23,24,26). The summed E-state index contributed by atoms with van der Waals surface area (Å²) in [5, 5.41) is 0. The van der Waals surface area contributed by atoms with Gasteiger partial charge in [-0.2, -0.15) is 4.98 Å². The third-order valence-electron chi connectivity index (χ3n) is 4.89. The minimum atomic E-state index is -3.90. The van der Waals surface area contributed by atoms with Crippen molar-refractivity contribution in [1.29, 1.82) is 0 Å². The maximum absolute atomic E-state index is 12.9. The van der Waals surface area contributed by atoms with Crippen molar-refractivity contribution in [3.63, 3.8) is 0 Å². The van der Waals surface area contributed by atoms with Gasteiger partial charge in [0.2, 0.25) is 0 Å². The van der Waals surface area contributed by atoms with Crippen LogP contribution in [0.5, 0.6) is 0 Å². The van der Waals surface area contributed by atoms with E-state index in [4.69, 9.17) is 0 Å². The van der Waals surface area contributed by atoms with Crippen molar-refractivity contribution in [2.45, 2.75) is 55.6 Å². The van der Waals surface area contributed by atoms with Gasteiger partial charge in [0, 0.05) is 10.6 Å². The number of unbranched alkanes of at least 4 members (excludes halogenated alkanes) is 2. The number of nitrogens with one attached hydrogen (secondary N) is 1. The Morgan fingerprint density at radius 1 is 1.16 bits per heavy atom. The van der Waals surface area contributed by atoms with Gasteiger partial charge in [-0.15, -0.1) is 23.1 Å². The number of alkyl halides is 1. The molecule has 0 radical (unpaired) electrons. The van der Waals surface area contributed by atoms with E-state index in [1.165, 1.54) is 16.7 Å². The van der Waals surface area contributed by atoms with Gasteiger partial charge in [0.05, 0.1) is 15.8 Å². The van der Waals surface area contributed by atoms with Gasteiger partial charge in [0.25, 0.3) is 10.0 Å². The molecule has 2 heterocycles. The van der Waals surface area contributed by atoms with E-state index in [9.17, 15) is 17.6 Å². The number of sulfonamides is 1. The molecule has 0 atom stereocenters. The molecular weight excluding hydrogens is 457 g/mol. The highest BCUT2D eigenvalue weighted by Gasteiger charge is 2.27. The largest absolute Gasteiger partial charge is 0.354 e. The van der Waals surface area contributed by atoms with Crippen LogP contribution in [0.4, 0.5) is 10.2 Å². The van der Waals surface area contributed by atoms with Crippen LogP contribution in [0.3, 0.4) is 0 Å². The Balaban J connectivity index is 2.01. The fourth-order valence-electron chi connectivity index (χ4n) is 3.20. The second-order valence-corrected chi connectivity index (χ2v) is 11.3. The summed E-state index contributed by atoms with van der Waals surface area (Å²) in [6.07, 6.45) is 2.91. The molecule has 0 saturated heterocycles. The fraction of sp³-hybridized carbons (Fsp3) is 0.429. The minimum absolute atomic E-state index is 0.0406. The first-order valence-corrected chi connectivity index (χ1v) is 13.4. The average molecular weight is 484 g/mol. The molecular formula is C21H26FN3O3S3. The number of hydrogen-bond donors (Lipinski definition) is 1. The summed E-state index contributed by atoms with van der Waals surface area (Å²) < 4.78 is 43.0. The number of thioether (sulfide) groups is 1. The molecule has 1 N–H and O–H groups in total. The van der Waals surface area contributed by atoms with Crippen molar-refractivity contribution in [3.8, 4) is 5.69 Å². The quantitative estimate of drug-likeness (QED) is 0.326. The Labute approximate surface area is 190 Å². The molecule has 0 spiro atoms. The van der Waals surface area contributed by atoms with Crippen LogP contribution in [0.25, 0.3) is 5.69 Å². The lowest BCUT2D eigenvalue weighted by atomic mass is 10.2. The third-order valence-corrected chi connectivity index (χ3v) is 9.01. The molecule has 0 unspecified atom stereocenters. The molecule has 0 bridgehead atoms. The van der Waals surface area contributed by atoms with Crippen molar-refractivity contribution >= 4 is 38.9 Å². The van der Waals surface area contributed by atoms with E-state index < -0.39 is 15.7 Å². The van der Waals surface area contributed by atoms with Crippen LogP contribution in [0.15, 0.2) is 38.2 Å². The maximum Gasteiger partial charge on any atom is 0.354 e. The molecule has 3 rings (SSSR count). The van der Waals surface area contributed by atoms with E-state index in [0.29, 0.717) is 12.1 Å². The Hall–Kier alpha value is -1.91. The molecule has 0 amide bonds. The van der Waals surface area contributed by atoms with E-state index in [-0.39, 0.29) is 17.4 Å². The molecule has 0 aromatic heterocycles. The fourth-order valence-corrected chi connectivity index (χ4v) is 6.74. The van der Waals surface area contributed by atoms with Gasteiger partial charge in [-0.25, -0.2) is 13.2 Å². The third kappa shape index (κ3) is 5.30. The van der Waals surface area contributed by atoms with Crippen molar-refractivity contribution < 1.29 is 12.8 Å². The number of imidazole rings is 1. The van der Waals surface area contributed by atoms with Gasteiger partial charge in [-0.05, 0) is 51.0 Å². The number of fused-ring (bicyclic) bond motifs is 1. The Kier molecular flexibility index (Phi) is 7.77. The van der Waals surface area contributed by atoms with E-state index in [1.54, 1.807) is 35.2 Å². The van der Waals surface area contributed by atoms with Crippen LogP contribution in [-0.4, -0.2) is 30.4 Å². The zero-order valence-corrected chi connectivity index (χ0v) is 20.2. The van der Waals surface area contributed by atoms with Crippen LogP contribution >= 0.6 is 23.1 Å². The van der Waals surface area contributed by atoms with Crippen LogP contribution in [0, 0.1) is 13.8 Å². The average Bonchev–Trinajstić information content (AvgIpc) is 3.05. The summed E-state index contributed by atoms with van der Waals surface area (Å²) in [5.74, 6) is 0.792. The zero-order chi connectivity index (χ0) is 22.6.